The van der Waals surface area contributed by atoms with E-state index in [-0.39, 0.29) is 52.0 Å². The Morgan fingerprint density at radius 1 is 0.557 bits per heavy atom. The Kier molecular flexibility index (Phi) is 22.9. The fraction of sp³-hybridized carbons (Fsp3) is 0.438. The third-order valence-corrected chi connectivity index (χ3v) is 11.1. The Labute approximate surface area is 361 Å². The second kappa shape index (κ2) is 28.6. The molecule has 12 nitrogen and oxygen atoms in total. The highest BCUT2D eigenvalue weighted by Crippen LogP contribution is 2.52. The molecule has 61 heavy (non-hydrogen) atoms. The van der Waals surface area contributed by atoms with Gasteiger partial charge in [0.1, 0.15) is 25.9 Å². The van der Waals surface area contributed by atoms with Crippen molar-refractivity contribution in [2.45, 2.75) is 123 Å². The van der Waals surface area contributed by atoms with Crippen LogP contribution in [0.1, 0.15) is 100 Å². The number of carbonyl (C=O) groups is 3. The van der Waals surface area contributed by atoms with E-state index in [1.165, 1.54) is 39.0 Å². The summed E-state index contributed by atoms with van der Waals surface area (Å²) in [5, 5.41) is 2.52. The van der Waals surface area contributed by atoms with E-state index in [2.05, 4.69) is 12.2 Å². The number of nitrogens with one attached hydrogen (secondary N) is 1. The Morgan fingerprint density at radius 2 is 1.03 bits per heavy atom. The molecule has 0 aliphatic rings. The van der Waals surface area contributed by atoms with Crippen molar-refractivity contribution in [2.75, 3.05) is 13.2 Å². The van der Waals surface area contributed by atoms with Gasteiger partial charge in [0.05, 0.1) is 25.9 Å². The number of carbonyl (C=O) groups excluding carboxylic acids is 3. The van der Waals surface area contributed by atoms with E-state index in [4.69, 9.17) is 32.5 Å². The predicted molar refractivity (Wildman–Crippen MR) is 233 cm³/mol. The summed E-state index contributed by atoms with van der Waals surface area (Å²) in [5.41, 5.74) is 2.98. The second-order valence-corrected chi connectivity index (χ2v) is 16.4. The van der Waals surface area contributed by atoms with Crippen molar-refractivity contribution in [3.05, 3.63) is 144 Å². The van der Waals surface area contributed by atoms with Crippen LogP contribution in [-0.4, -0.2) is 49.5 Å². The lowest BCUT2D eigenvalue weighted by Crippen LogP contribution is -2.49. The molecule has 0 saturated carbocycles. The lowest BCUT2D eigenvalue weighted by Gasteiger charge is -2.28. The van der Waals surface area contributed by atoms with Crippen molar-refractivity contribution in [3.63, 3.8) is 0 Å². The van der Waals surface area contributed by atoms with Gasteiger partial charge >= 0.3 is 25.9 Å². The highest BCUT2D eigenvalue weighted by atomic mass is 31.2. The van der Waals surface area contributed by atoms with Crippen LogP contribution in [-0.2, 0) is 73.1 Å². The number of phosphoric acid groups is 1. The van der Waals surface area contributed by atoms with Crippen LogP contribution in [0, 0.1) is 0 Å². The zero-order valence-corrected chi connectivity index (χ0v) is 36.4. The number of hydrogen-bond donors (Lipinski definition) is 1. The molecule has 0 aromatic heterocycles. The van der Waals surface area contributed by atoms with Crippen LogP contribution in [0.5, 0.6) is 0 Å². The van der Waals surface area contributed by atoms with E-state index >= 15 is 0 Å². The largest absolute Gasteiger partial charge is 0.475 e. The molecule has 0 fully saturated rings. The molecule has 1 N–H and O–H groups in total. The number of unbranched alkanes of at least 4 members (excludes halogenated alkanes) is 8. The average molecular weight is 860 g/mol. The zero-order chi connectivity index (χ0) is 43.4. The first-order chi connectivity index (χ1) is 29.7. The van der Waals surface area contributed by atoms with Crippen LogP contribution in [0.4, 0.5) is 4.79 Å². The Hall–Kier alpha value is -4.84. The Morgan fingerprint density at radius 3 is 1.57 bits per heavy atom. The molecular weight excluding hydrogens is 797 g/mol. The molecule has 0 heterocycles. The molecule has 1 unspecified atom stereocenters. The fourth-order valence-corrected chi connectivity index (χ4v) is 7.49. The van der Waals surface area contributed by atoms with Gasteiger partial charge in [-0.25, -0.2) is 14.2 Å². The standard InChI is InChI=1S/C48H62NO11P/c1-3-4-5-6-7-8-9-10-23-32-45(50)55-37-44(54-33-40-24-15-11-16-25-40)38-59-61(53,58-36-43-30-21-14-22-31-43)60-39(2)46(47(51)56-34-41-26-17-12-18-27-41)49-48(52)57-35-42-28-19-13-20-29-42/h11-22,24-31,39,44,46H,3-10,23,32-38H2,1-2H3,(H,49,52)/t39-,44-,46+,61?/m1/s1. The highest BCUT2D eigenvalue weighted by Gasteiger charge is 2.38. The molecule has 1 amide bonds. The number of benzene rings is 4. The van der Waals surface area contributed by atoms with Crippen molar-refractivity contribution in [1.29, 1.82) is 0 Å². The molecule has 330 valence electrons. The summed E-state index contributed by atoms with van der Waals surface area (Å²) >= 11 is 0. The van der Waals surface area contributed by atoms with Gasteiger partial charge in [-0.3, -0.25) is 18.4 Å². The summed E-state index contributed by atoms with van der Waals surface area (Å²) in [4.78, 5) is 39.5. The smallest absolute Gasteiger partial charge is 0.463 e. The van der Waals surface area contributed by atoms with Gasteiger partial charge in [-0.2, -0.15) is 0 Å². The number of amides is 1. The van der Waals surface area contributed by atoms with Gasteiger partial charge < -0.3 is 24.3 Å². The molecule has 0 bridgehead atoms. The quantitative estimate of drug-likeness (QED) is 0.0231. The minimum absolute atomic E-state index is 0.0659. The van der Waals surface area contributed by atoms with E-state index in [0.29, 0.717) is 11.1 Å². The summed E-state index contributed by atoms with van der Waals surface area (Å²) < 4.78 is 55.1. The first-order valence-corrected chi connectivity index (χ1v) is 22.8. The van der Waals surface area contributed by atoms with E-state index in [0.717, 1.165) is 36.8 Å². The number of phosphoric ester groups is 1. The fourth-order valence-electron chi connectivity index (χ4n) is 6.11. The number of ether oxygens (including phenoxy) is 4. The van der Waals surface area contributed by atoms with Crippen LogP contribution in [0.3, 0.4) is 0 Å². The SMILES string of the molecule is CCCCCCCCCCCC(=O)OC[C@H](COP(=O)(OCc1ccccc1)O[C@H](C)[C@H](NC(=O)OCc1ccccc1)C(=O)OCc1ccccc1)OCc1ccccc1. The molecule has 4 rings (SSSR count). The zero-order valence-electron chi connectivity index (χ0n) is 35.5. The van der Waals surface area contributed by atoms with Gasteiger partial charge in [0.2, 0.25) is 0 Å². The molecule has 4 aromatic carbocycles. The van der Waals surface area contributed by atoms with Gasteiger partial charge in [0.15, 0.2) is 6.04 Å². The normalized spacial score (nSPS) is 13.6. The maximum atomic E-state index is 14.6. The third-order valence-electron chi connectivity index (χ3n) is 9.62. The summed E-state index contributed by atoms with van der Waals surface area (Å²) in [6.07, 6.45) is 7.25. The van der Waals surface area contributed by atoms with Crippen LogP contribution < -0.4 is 5.32 Å². The summed E-state index contributed by atoms with van der Waals surface area (Å²) in [6, 6.07) is 35.0. The summed E-state index contributed by atoms with van der Waals surface area (Å²) in [6.45, 7) is 2.91. The monoisotopic (exact) mass is 859 g/mol. The van der Waals surface area contributed by atoms with Crippen LogP contribution >= 0.6 is 7.82 Å². The molecule has 0 spiro atoms. The Bertz CT molecular complexity index is 1850. The first-order valence-electron chi connectivity index (χ1n) is 21.3. The number of hydrogen-bond acceptors (Lipinski definition) is 11. The molecule has 0 aliphatic carbocycles. The van der Waals surface area contributed by atoms with Crippen LogP contribution in [0.25, 0.3) is 0 Å². The van der Waals surface area contributed by atoms with E-state index < -0.39 is 38.1 Å². The van der Waals surface area contributed by atoms with E-state index in [1.807, 2.05) is 60.7 Å². The van der Waals surface area contributed by atoms with Crippen LogP contribution in [0.2, 0.25) is 0 Å². The van der Waals surface area contributed by atoms with Crippen molar-refractivity contribution >= 4 is 25.9 Å². The minimum Gasteiger partial charge on any atom is -0.463 e. The average Bonchev–Trinajstić information content (AvgIpc) is 3.29. The molecule has 4 atom stereocenters. The van der Waals surface area contributed by atoms with Gasteiger partial charge in [-0.1, -0.05) is 180 Å². The van der Waals surface area contributed by atoms with Crippen LogP contribution in [0.15, 0.2) is 121 Å². The topological polar surface area (TPSA) is 145 Å². The summed E-state index contributed by atoms with van der Waals surface area (Å²) in [7, 11) is -4.57. The van der Waals surface area contributed by atoms with Crippen molar-refractivity contribution in [1.82, 2.24) is 5.32 Å². The Balaban J connectivity index is 1.44. The molecular formula is C48H62NO11P. The minimum atomic E-state index is -4.57. The number of alkyl carbamates (subject to hydrolysis) is 1. The maximum absolute atomic E-state index is 14.6. The van der Waals surface area contributed by atoms with E-state index in [1.54, 1.807) is 60.7 Å². The molecule has 0 aliphatic heterocycles. The van der Waals surface area contributed by atoms with Gasteiger partial charge in [0, 0.05) is 6.42 Å². The van der Waals surface area contributed by atoms with Crippen molar-refractivity contribution in [2.24, 2.45) is 0 Å². The number of esters is 2. The van der Waals surface area contributed by atoms with Gasteiger partial charge in [-0.15, -0.1) is 0 Å². The van der Waals surface area contributed by atoms with Gasteiger partial charge in [0.25, 0.3) is 0 Å². The second-order valence-electron chi connectivity index (χ2n) is 14.8. The first kappa shape index (κ1) is 48.8. The lowest BCUT2D eigenvalue weighted by molar-refractivity contribution is -0.150. The summed E-state index contributed by atoms with van der Waals surface area (Å²) in [5.74, 6) is -1.24. The molecule has 0 radical (unpaired) electrons. The van der Waals surface area contributed by atoms with Crippen molar-refractivity contribution < 1.29 is 51.5 Å². The predicted octanol–water partition coefficient (Wildman–Crippen LogP) is 10.8. The molecule has 4 aromatic rings. The van der Waals surface area contributed by atoms with Crippen molar-refractivity contribution in [3.8, 4) is 0 Å². The van der Waals surface area contributed by atoms with Gasteiger partial charge in [-0.05, 0) is 35.6 Å². The molecule has 0 saturated heterocycles. The third kappa shape index (κ3) is 20.5. The lowest BCUT2D eigenvalue weighted by atomic mass is 10.1. The molecule has 13 heteroatoms. The highest BCUT2D eigenvalue weighted by molar-refractivity contribution is 7.48. The maximum Gasteiger partial charge on any atom is 0.475 e. The van der Waals surface area contributed by atoms with E-state index in [9.17, 15) is 18.9 Å². The number of rotatable bonds is 30.